The molecule has 6 aromatic rings. The van der Waals surface area contributed by atoms with Gasteiger partial charge in [-0.05, 0) is 24.5 Å². The van der Waals surface area contributed by atoms with E-state index in [1.54, 1.807) is 37.1 Å². The molecule has 0 bridgehead atoms. The lowest BCUT2D eigenvalue weighted by molar-refractivity contribution is -0.125. The second-order valence-electron chi connectivity index (χ2n) is 15.9. The SMILES string of the molecule is COCCNc1nc(S(C)(=O)=O)nc2c(/C=C3\CC(=O)NC3=O)cnn12.COCCNc1nc(S(C)=O)nc2c(/C=C3\CC(=O)NC3=O)cnn12.COCCNc1nc(SC)nc2c(/C=C3\CC(=O)NC3=O)cnn12. The molecule has 1 atom stereocenters. The summed E-state index contributed by atoms with van der Waals surface area (Å²) in [5, 5.41) is 28.7. The fraction of sp³-hybridized carbons (Fsp3) is 0.357. The number of anilines is 3. The molecule has 30 nitrogen and oxygen atoms in total. The van der Waals surface area contributed by atoms with E-state index in [2.05, 4.69) is 77.1 Å². The Morgan fingerprint density at radius 2 is 0.973 bits per heavy atom. The van der Waals surface area contributed by atoms with Gasteiger partial charge in [0.15, 0.2) is 22.1 Å². The molecule has 3 saturated heterocycles. The maximum absolute atomic E-state index is 11.9. The Labute approximate surface area is 431 Å². The summed E-state index contributed by atoms with van der Waals surface area (Å²) >= 11 is 1.40. The normalized spacial score (nSPS) is 16.6. The zero-order valence-corrected chi connectivity index (χ0v) is 43.3. The van der Waals surface area contributed by atoms with Gasteiger partial charge in [-0.1, -0.05) is 11.8 Å². The molecule has 6 N–H and O–H groups in total. The van der Waals surface area contributed by atoms with Crippen LogP contribution >= 0.6 is 11.8 Å². The summed E-state index contributed by atoms with van der Waals surface area (Å²) in [4.78, 5) is 94.5. The number of carbonyl (C=O) groups is 6. The lowest BCUT2D eigenvalue weighted by Crippen LogP contribution is -2.19. The monoisotopic (exact) mass is 1090 g/mol. The molecule has 3 aliphatic heterocycles. The number of rotatable bonds is 18. The van der Waals surface area contributed by atoms with E-state index in [1.165, 1.54) is 52.6 Å². The van der Waals surface area contributed by atoms with Crippen molar-refractivity contribution in [3.05, 3.63) is 52.0 Å². The van der Waals surface area contributed by atoms with E-state index in [0.717, 1.165) is 6.26 Å². The molecule has 75 heavy (non-hydrogen) atoms. The van der Waals surface area contributed by atoms with Crippen LogP contribution in [0.5, 0.6) is 0 Å². The number of amides is 6. The Balaban J connectivity index is 0.000000164. The number of methoxy groups -OCH3 is 3. The number of sulfone groups is 1. The Bertz CT molecular complexity index is 3480. The molecule has 0 saturated carbocycles. The quantitative estimate of drug-likeness (QED) is 0.0252. The standard InChI is InChI=1S/C14H16N6O5S.C14H16N6O4S.C14H16N6O3S/c1-25-4-3-15-13-19-14(26(2,23)24)18-11-9(7-16-20(11)13)5-8-6-10(21)17-12(8)22;1-24-4-3-15-13-19-14(25(2)23)18-11-9(7-16-20(11)13)5-8-6-10(21)17-12(8)22;1-23-4-3-15-13-19-14(24-2)18-11-9(7-16-20(11)13)5-8-6-10(21)17-12(8)22/h5,7H,3-4,6H2,1-2H3,(H,15,18,19)(H,17,21,22);5,7H,3-4,6H2,1-2H3,(H,15,18,19)(H,17,21,22);5,7H,3-4,6H2,1-2H3,(H,15,18,19)(H,17,21,22)/b3*8-5+. The van der Waals surface area contributed by atoms with Crippen LogP contribution in [-0.2, 0) is 63.6 Å². The average molecular weight is 1090 g/mol. The van der Waals surface area contributed by atoms with E-state index in [4.69, 9.17) is 14.2 Å². The number of nitrogens with one attached hydrogen (secondary N) is 6. The van der Waals surface area contributed by atoms with E-state index >= 15 is 0 Å². The van der Waals surface area contributed by atoms with Crippen molar-refractivity contribution in [2.75, 3.05) is 95.5 Å². The van der Waals surface area contributed by atoms with Crippen molar-refractivity contribution in [2.45, 2.75) is 34.7 Å². The molecular weight excluding hydrogens is 1040 g/mol. The van der Waals surface area contributed by atoms with Crippen molar-refractivity contribution in [3.63, 3.8) is 0 Å². The van der Waals surface area contributed by atoms with Crippen LogP contribution in [0.25, 0.3) is 35.2 Å². The molecule has 3 aliphatic rings. The van der Waals surface area contributed by atoms with Gasteiger partial charge in [0.05, 0.1) is 68.5 Å². The summed E-state index contributed by atoms with van der Waals surface area (Å²) in [5.74, 6) is -1.28. The zero-order chi connectivity index (χ0) is 54.0. The van der Waals surface area contributed by atoms with Crippen molar-refractivity contribution in [1.82, 2.24) is 74.7 Å². The smallest absolute Gasteiger partial charge is 0.254 e. The predicted molar refractivity (Wildman–Crippen MR) is 268 cm³/mol. The number of fused-ring (bicyclic) bond motifs is 3. The molecule has 33 heteroatoms. The molecule has 6 amide bonds. The number of aromatic nitrogens is 12. The van der Waals surface area contributed by atoms with Gasteiger partial charge in [0, 0.05) is 86.9 Å². The number of imide groups is 3. The Morgan fingerprint density at radius 1 is 0.600 bits per heavy atom. The second kappa shape index (κ2) is 24.4. The first kappa shape index (κ1) is 54.8. The van der Waals surface area contributed by atoms with Crippen molar-refractivity contribution < 1.29 is 55.6 Å². The highest BCUT2D eigenvalue weighted by molar-refractivity contribution is 7.98. The second-order valence-corrected chi connectivity index (χ2v) is 19.8. The van der Waals surface area contributed by atoms with Gasteiger partial charge >= 0.3 is 0 Å². The van der Waals surface area contributed by atoms with Gasteiger partial charge in [0.1, 0.15) is 0 Å². The summed E-state index contributed by atoms with van der Waals surface area (Å²) in [6.45, 7) is 2.78. The number of carbonyl (C=O) groups excluding carboxylic acids is 6. The first-order valence-electron chi connectivity index (χ1n) is 22.1. The van der Waals surface area contributed by atoms with Crippen LogP contribution in [-0.4, -0.2) is 186 Å². The van der Waals surface area contributed by atoms with Gasteiger partial charge in [-0.3, -0.25) is 48.9 Å². The van der Waals surface area contributed by atoms with Crippen molar-refractivity contribution in [2.24, 2.45) is 0 Å². The Hall–Kier alpha value is -7.98. The van der Waals surface area contributed by atoms with Crippen LogP contribution in [0.1, 0.15) is 36.0 Å². The van der Waals surface area contributed by atoms with E-state index in [9.17, 15) is 41.4 Å². The number of nitrogens with zero attached hydrogens (tertiary/aromatic N) is 12. The minimum absolute atomic E-state index is 0.00671. The summed E-state index contributed by atoms with van der Waals surface area (Å²) in [6.07, 6.45) is 13.5. The maximum atomic E-state index is 11.9. The fourth-order valence-electron chi connectivity index (χ4n) is 6.88. The summed E-state index contributed by atoms with van der Waals surface area (Å²) in [6, 6.07) is 0. The van der Waals surface area contributed by atoms with Gasteiger partial charge in [-0.25, -0.2) is 13.4 Å². The third-order valence-corrected chi connectivity index (χ3v) is 12.4. The fourth-order valence-corrected chi connectivity index (χ4v) is 8.17. The topological polar surface area (TPSA) is 383 Å². The van der Waals surface area contributed by atoms with Crippen LogP contribution in [0.2, 0.25) is 0 Å². The molecule has 0 spiro atoms. The molecule has 0 radical (unpaired) electrons. The van der Waals surface area contributed by atoms with Gasteiger partial charge in [-0.2, -0.15) is 53.8 Å². The average Bonchev–Trinajstić information content (AvgIpc) is 4.24. The van der Waals surface area contributed by atoms with Crippen LogP contribution in [0.15, 0.2) is 50.8 Å². The number of hydrogen-bond acceptors (Lipinski definition) is 25. The van der Waals surface area contributed by atoms with Crippen LogP contribution in [0, 0.1) is 0 Å². The van der Waals surface area contributed by atoms with Crippen LogP contribution in [0.3, 0.4) is 0 Å². The predicted octanol–water partition coefficient (Wildman–Crippen LogP) is -1.30. The van der Waals surface area contributed by atoms with E-state index in [-0.39, 0.29) is 64.5 Å². The minimum atomic E-state index is -3.68. The lowest BCUT2D eigenvalue weighted by Gasteiger charge is -2.08. The van der Waals surface area contributed by atoms with Gasteiger partial charge in [0.25, 0.3) is 22.9 Å². The molecular formula is C42H48N18O12S3. The molecule has 9 rings (SSSR count). The van der Waals surface area contributed by atoms with Gasteiger partial charge in [0.2, 0.25) is 50.6 Å². The van der Waals surface area contributed by atoms with Gasteiger partial charge < -0.3 is 30.2 Å². The Kier molecular flexibility index (Phi) is 17.8. The molecule has 396 valence electrons. The molecule has 0 aliphatic carbocycles. The molecule has 1 unspecified atom stereocenters. The van der Waals surface area contributed by atoms with Crippen molar-refractivity contribution in [3.8, 4) is 0 Å². The number of thioether (sulfide) groups is 1. The number of hydrogen-bond donors (Lipinski definition) is 6. The van der Waals surface area contributed by atoms with Crippen molar-refractivity contribution >= 4 is 121 Å². The highest BCUT2D eigenvalue weighted by atomic mass is 32.2. The summed E-state index contributed by atoms with van der Waals surface area (Å²) < 4.78 is 54.9. The zero-order valence-electron chi connectivity index (χ0n) is 40.8. The largest absolute Gasteiger partial charge is 0.383 e. The first-order chi connectivity index (χ1) is 35.9. The van der Waals surface area contributed by atoms with Crippen LogP contribution in [0.4, 0.5) is 17.8 Å². The molecule has 0 aromatic carbocycles. The highest BCUT2D eigenvalue weighted by Crippen LogP contribution is 2.24. The minimum Gasteiger partial charge on any atom is -0.383 e. The first-order valence-corrected chi connectivity index (χ1v) is 26.8. The Morgan fingerprint density at radius 3 is 1.32 bits per heavy atom. The summed E-state index contributed by atoms with van der Waals surface area (Å²) in [7, 11) is -0.344. The molecule has 9 heterocycles. The van der Waals surface area contributed by atoms with E-state index in [0.29, 0.717) is 95.6 Å². The van der Waals surface area contributed by atoms with Crippen LogP contribution < -0.4 is 31.9 Å². The highest BCUT2D eigenvalue weighted by Gasteiger charge is 2.28. The molecule has 6 aromatic heterocycles. The lowest BCUT2D eigenvalue weighted by atomic mass is 10.1. The summed E-state index contributed by atoms with van der Waals surface area (Å²) in [5.41, 5.74) is 3.70. The van der Waals surface area contributed by atoms with E-state index < -0.39 is 38.4 Å². The third-order valence-electron chi connectivity index (χ3n) is 10.3. The van der Waals surface area contributed by atoms with E-state index in [1.807, 2.05) is 6.26 Å². The van der Waals surface area contributed by atoms with Gasteiger partial charge in [-0.15, -0.1) is 0 Å². The number of ether oxygens (including phenoxy) is 3. The molecule has 3 fully saturated rings. The van der Waals surface area contributed by atoms with Crippen molar-refractivity contribution in [1.29, 1.82) is 0 Å². The third kappa shape index (κ3) is 13.4. The maximum Gasteiger partial charge on any atom is 0.254 e.